The molecule has 0 spiro atoms. The molecule has 0 aliphatic carbocycles. The Morgan fingerprint density at radius 1 is 1.60 bits per heavy atom. The molecule has 2 fully saturated rings. The van der Waals surface area contributed by atoms with Crippen molar-refractivity contribution in [1.29, 1.82) is 0 Å². The second-order valence-corrected chi connectivity index (χ2v) is 5.71. The predicted molar refractivity (Wildman–Crippen MR) is 61.0 cm³/mol. The second kappa shape index (κ2) is 3.91. The van der Waals surface area contributed by atoms with E-state index in [-0.39, 0.29) is 0 Å². The molecule has 2 saturated heterocycles. The van der Waals surface area contributed by atoms with Crippen LogP contribution in [-0.2, 0) is 11.2 Å². The largest absolute Gasteiger partial charge is 0.375 e. The van der Waals surface area contributed by atoms with Gasteiger partial charge in [0, 0.05) is 29.6 Å². The van der Waals surface area contributed by atoms with Gasteiger partial charge >= 0.3 is 0 Å². The van der Waals surface area contributed by atoms with Crippen molar-refractivity contribution in [3.8, 4) is 0 Å². The topological polar surface area (TPSA) is 37.9 Å². The zero-order valence-corrected chi connectivity index (χ0v) is 10.1. The summed E-state index contributed by atoms with van der Waals surface area (Å²) >= 11 is 3.79. The first-order valence-electron chi connectivity index (χ1n) is 5.60. The summed E-state index contributed by atoms with van der Waals surface area (Å²) in [6, 6.07) is 0. The second-order valence-electron chi connectivity index (χ2n) is 4.53. The Morgan fingerprint density at radius 3 is 3.13 bits per heavy atom. The van der Waals surface area contributed by atoms with Gasteiger partial charge in [-0.3, -0.25) is 0 Å². The Labute approximate surface area is 97.7 Å². The van der Waals surface area contributed by atoms with Crippen LogP contribution in [-0.4, -0.2) is 27.0 Å². The van der Waals surface area contributed by atoms with Crippen LogP contribution in [0.15, 0.2) is 12.4 Å². The summed E-state index contributed by atoms with van der Waals surface area (Å²) < 4.78 is 5.86. The van der Waals surface area contributed by atoms with Gasteiger partial charge in [0.2, 0.25) is 0 Å². The molecule has 2 aliphatic heterocycles. The average molecular weight is 271 g/mol. The zero-order chi connectivity index (χ0) is 10.3. The van der Waals surface area contributed by atoms with Crippen molar-refractivity contribution in [3.05, 3.63) is 18.2 Å². The van der Waals surface area contributed by atoms with Crippen LogP contribution in [0.4, 0.5) is 0 Å². The Bertz CT molecular complexity index is 327. The van der Waals surface area contributed by atoms with Crippen molar-refractivity contribution in [2.24, 2.45) is 5.92 Å². The van der Waals surface area contributed by atoms with Crippen molar-refractivity contribution in [2.45, 2.75) is 42.7 Å². The van der Waals surface area contributed by atoms with Gasteiger partial charge in [-0.2, -0.15) is 0 Å². The van der Waals surface area contributed by atoms with Crippen molar-refractivity contribution in [1.82, 2.24) is 9.97 Å². The van der Waals surface area contributed by atoms with Crippen LogP contribution in [0, 0.1) is 5.92 Å². The van der Waals surface area contributed by atoms with Crippen LogP contribution in [0.3, 0.4) is 0 Å². The highest BCUT2D eigenvalue weighted by atomic mass is 79.9. The Kier molecular flexibility index (Phi) is 2.56. The van der Waals surface area contributed by atoms with Gasteiger partial charge in [-0.05, 0) is 19.3 Å². The third-order valence-corrected chi connectivity index (χ3v) is 4.56. The SMILES string of the molecule is BrC(Cc1ncc[nH]1)C1CC2CCC1O2. The number of halogens is 1. The lowest BCUT2D eigenvalue weighted by Gasteiger charge is -2.23. The molecular formula is C11H15BrN2O. The molecule has 0 amide bonds. The van der Waals surface area contributed by atoms with E-state index in [4.69, 9.17) is 4.74 Å². The molecule has 0 aromatic carbocycles. The molecule has 2 bridgehead atoms. The number of hydrogen-bond acceptors (Lipinski definition) is 2. The van der Waals surface area contributed by atoms with Gasteiger partial charge in [0.1, 0.15) is 5.82 Å². The number of aromatic amines is 1. The molecule has 4 heteroatoms. The molecular weight excluding hydrogens is 256 g/mol. The van der Waals surface area contributed by atoms with Gasteiger partial charge in [0.15, 0.2) is 0 Å². The number of H-pyrrole nitrogens is 1. The van der Waals surface area contributed by atoms with E-state index in [1.807, 2.05) is 12.4 Å². The van der Waals surface area contributed by atoms with E-state index in [1.54, 1.807) is 0 Å². The van der Waals surface area contributed by atoms with Gasteiger partial charge in [0.25, 0.3) is 0 Å². The molecule has 4 atom stereocenters. The van der Waals surface area contributed by atoms with Crippen molar-refractivity contribution < 1.29 is 4.74 Å². The number of fused-ring (bicyclic) bond motifs is 2. The van der Waals surface area contributed by atoms with E-state index in [9.17, 15) is 0 Å². The first kappa shape index (κ1) is 9.85. The highest BCUT2D eigenvalue weighted by Gasteiger charge is 2.43. The summed E-state index contributed by atoms with van der Waals surface area (Å²) in [5.74, 6) is 1.74. The Balaban J connectivity index is 1.63. The molecule has 1 aromatic rings. The average Bonchev–Trinajstić information content (AvgIpc) is 2.93. The Morgan fingerprint density at radius 2 is 2.53 bits per heavy atom. The minimum atomic E-state index is 0.495. The molecule has 1 N–H and O–H groups in total. The summed E-state index contributed by atoms with van der Waals surface area (Å²) in [5, 5.41) is 0. The fourth-order valence-electron chi connectivity index (χ4n) is 2.80. The third-order valence-electron chi connectivity index (χ3n) is 3.56. The molecule has 2 aliphatic rings. The van der Waals surface area contributed by atoms with Gasteiger partial charge in [-0.25, -0.2) is 4.98 Å². The van der Waals surface area contributed by atoms with E-state index in [0.717, 1.165) is 12.2 Å². The number of aromatic nitrogens is 2. The number of hydrogen-bond donors (Lipinski definition) is 1. The number of ether oxygens (including phenoxy) is 1. The maximum Gasteiger partial charge on any atom is 0.107 e. The van der Waals surface area contributed by atoms with Crippen LogP contribution >= 0.6 is 15.9 Å². The molecule has 3 rings (SSSR count). The number of imidazole rings is 1. The standard InChI is InChI=1S/C11H15BrN2O/c12-9(6-11-13-3-4-14-11)8-5-7-1-2-10(8)15-7/h3-4,7-10H,1-2,5-6H2,(H,13,14). The van der Waals surface area contributed by atoms with E-state index in [1.165, 1.54) is 19.3 Å². The van der Waals surface area contributed by atoms with Gasteiger partial charge in [-0.15, -0.1) is 0 Å². The van der Waals surface area contributed by atoms with E-state index in [2.05, 4.69) is 25.9 Å². The summed E-state index contributed by atoms with van der Waals surface area (Å²) in [4.78, 5) is 7.92. The lowest BCUT2D eigenvalue weighted by atomic mass is 9.86. The van der Waals surface area contributed by atoms with Crippen LogP contribution in [0.5, 0.6) is 0 Å². The highest BCUT2D eigenvalue weighted by Crippen LogP contribution is 2.42. The highest BCUT2D eigenvalue weighted by molar-refractivity contribution is 9.09. The molecule has 4 unspecified atom stereocenters. The van der Waals surface area contributed by atoms with E-state index in [0.29, 0.717) is 23.0 Å². The first-order valence-corrected chi connectivity index (χ1v) is 6.52. The van der Waals surface area contributed by atoms with Crippen molar-refractivity contribution >= 4 is 15.9 Å². The predicted octanol–water partition coefficient (Wildman–Crippen LogP) is 2.28. The van der Waals surface area contributed by atoms with E-state index < -0.39 is 0 Å². The van der Waals surface area contributed by atoms with Gasteiger partial charge in [-0.1, -0.05) is 15.9 Å². The monoisotopic (exact) mass is 270 g/mol. The number of rotatable bonds is 3. The third kappa shape index (κ3) is 1.85. The van der Waals surface area contributed by atoms with Crippen molar-refractivity contribution in [3.63, 3.8) is 0 Å². The smallest absolute Gasteiger partial charge is 0.107 e. The molecule has 15 heavy (non-hydrogen) atoms. The molecule has 3 heterocycles. The van der Waals surface area contributed by atoms with Gasteiger partial charge in [0.05, 0.1) is 12.2 Å². The Hall–Kier alpha value is -0.350. The normalized spacial score (nSPS) is 35.9. The van der Waals surface area contributed by atoms with E-state index >= 15 is 0 Å². The maximum atomic E-state index is 5.86. The summed E-state index contributed by atoms with van der Waals surface area (Å²) in [7, 11) is 0. The number of nitrogens with zero attached hydrogens (tertiary/aromatic N) is 1. The maximum absolute atomic E-state index is 5.86. The molecule has 0 saturated carbocycles. The number of nitrogens with one attached hydrogen (secondary N) is 1. The fraction of sp³-hybridized carbons (Fsp3) is 0.727. The van der Waals surface area contributed by atoms with Crippen molar-refractivity contribution in [2.75, 3.05) is 0 Å². The van der Waals surface area contributed by atoms with Crippen LogP contribution in [0.1, 0.15) is 25.1 Å². The molecule has 1 aromatic heterocycles. The first-order chi connectivity index (χ1) is 7.33. The quantitative estimate of drug-likeness (QED) is 0.856. The lowest BCUT2D eigenvalue weighted by Crippen LogP contribution is -2.27. The summed E-state index contributed by atoms with van der Waals surface area (Å²) in [6.45, 7) is 0. The molecule has 0 radical (unpaired) electrons. The minimum absolute atomic E-state index is 0.495. The fourth-order valence-corrected chi connectivity index (χ4v) is 3.67. The number of alkyl halides is 1. The summed E-state index contributed by atoms with van der Waals surface area (Å²) in [6.07, 6.45) is 9.44. The molecule has 82 valence electrons. The lowest BCUT2D eigenvalue weighted by molar-refractivity contribution is 0.0924. The van der Waals surface area contributed by atoms with Gasteiger partial charge < -0.3 is 9.72 Å². The van der Waals surface area contributed by atoms with Crippen LogP contribution in [0.2, 0.25) is 0 Å². The zero-order valence-electron chi connectivity index (χ0n) is 8.53. The summed E-state index contributed by atoms with van der Waals surface area (Å²) in [5.41, 5.74) is 0. The van der Waals surface area contributed by atoms with Crippen LogP contribution in [0.25, 0.3) is 0 Å². The molecule has 3 nitrogen and oxygen atoms in total. The van der Waals surface area contributed by atoms with Crippen LogP contribution < -0.4 is 0 Å². The minimum Gasteiger partial charge on any atom is -0.375 e.